The van der Waals surface area contributed by atoms with E-state index < -0.39 is 0 Å². The van der Waals surface area contributed by atoms with Crippen LogP contribution < -0.4 is 10.1 Å². The zero-order valence-corrected chi connectivity index (χ0v) is 9.66. The molecule has 88 valence electrons. The standard InChI is InChI=1S/C12H17NO3/c1-3-15-8-9-16-12-6-4-11(5-7-12)13-10(2)14/h4-7H,3,8-9H2,1-2H3,(H,13,14). The molecule has 0 atom stereocenters. The lowest BCUT2D eigenvalue weighted by Gasteiger charge is -2.07. The first-order chi connectivity index (χ1) is 7.72. The number of anilines is 1. The highest BCUT2D eigenvalue weighted by Gasteiger charge is 1.96. The topological polar surface area (TPSA) is 47.6 Å². The number of hydrogen-bond acceptors (Lipinski definition) is 3. The van der Waals surface area contributed by atoms with Gasteiger partial charge < -0.3 is 14.8 Å². The van der Waals surface area contributed by atoms with E-state index in [0.29, 0.717) is 19.8 Å². The van der Waals surface area contributed by atoms with Gasteiger partial charge in [-0.3, -0.25) is 4.79 Å². The molecule has 4 heteroatoms. The maximum atomic E-state index is 10.8. The van der Waals surface area contributed by atoms with Crippen molar-refractivity contribution < 1.29 is 14.3 Å². The normalized spacial score (nSPS) is 9.88. The minimum atomic E-state index is -0.0787. The van der Waals surface area contributed by atoms with Crippen LogP contribution in [0.5, 0.6) is 5.75 Å². The van der Waals surface area contributed by atoms with Crippen LogP contribution in [0.3, 0.4) is 0 Å². The van der Waals surface area contributed by atoms with Gasteiger partial charge in [-0.05, 0) is 31.2 Å². The molecule has 0 bridgehead atoms. The molecule has 0 aliphatic heterocycles. The van der Waals surface area contributed by atoms with Crippen LogP contribution in [0.15, 0.2) is 24.3 Å². The lowest BCUT2D eigenvalue weighted by atomic mass is 10.3. The van der Waals surface area contributed by atoms with Crippen LogP contribution in [0.25, 0.3) is 0 Å². The predicted molar refractivity (Wildman–Crippen MR) is 62.7 cm³/mol. The molecule has 16 heavy (non-hydrogen) atoms. The first-order valence-electron chi connectivity index (χ1n) is 5.30. The van der Waals surface area contributed by atoms with Gasteiger partial charge in [-0.1, -0.05) is 0 Å². The van der Waals surface area contributed by atoms with E-state index in [1.165, 1.54) is 6.92 Å². The number of rotatable bonds is 6. The SMILES string of the molecule is CCOCCOc1ccc(NC(C)=O)cc1. The second-order valence-corrected chi connectivity index (χ2v) is 3.25. The third-order valence-corrected chi connectivity index (χ3v) is 1.88. The average molecular weight is 223 g/mol. The van der Waals surface area contributed by atoms with Crippen LogP contribution in [0.1, 0.15) is 13.8 Å². The monoisotopic (exact) mass is 223 g/mol. The third kappa shape index (κ3) is 4.79. The van der Waals surface area contributed by atoms with E-state index in [4.69, 9.17) is 9.47 Å². The Hall–Kier alpha value is -1.55. The van der Waals surface area contributed by atoms with Gasteiger partial charge in [0.25, 0.3) is 0 Å². The maximum Gasteiger partial charge on any atom is 0.221 e. The molecule has 1 N–H and O–H groups in total. The van der Waals surface area contributed by atoms with Crippen molar-refractivity contribution in [1.29, 1.82) is 0 Å². The molecule has 1 aromatic rings. The Morgan fingerprint density at radius 3 is 2.50 bits per heavy atom. The Morgan fingerprint density at radius 1 is 1.25 bits per heavy atom. The van der Waals surface area contributed by atoms with Crippen molar-refractivity contribution in [3.63, 3.8) is 0 Å². The molecule has 1 rings (SSSR count). The molecule has 0 heterocycles. The first kappa shape index (κ1) is 12.5. The maximum absolute atomic E-state index is 10.8. The van der Waals surface area contributed by atoms with E-state index in [0.717, 1.165) is 11.4 Å². The molecule has 0 fully saturated rings. The van der Waals surface area contributed by atoms with Crippen LogP contribution in [-0.2, 0) is 9.53 Å². The third-order valence-electron chi connectivity index (χ3n) is 1.88. The van der Waals surface area contributed by atoms with E-state index >= 15 is 0 Å². The lowest BCUT2D eigenvalue weighted by Crippen LogP contribution is -2.07. The van der Waals surface area contributed by atoms with Crippen molar-refractivity contribution in [1.82, 2.24) is 0 Å². The molecule has 0 radical (unpaired) electrons. The van der Waals surface area contributed by atoms with Crippen molar-refractivity contribution >= 4 is 11.6 Å². The number of carbonyl (C=O) groups excluding carboxylic acids is 1. The summed E-state index contributed by atoms with van der Waals surface area (Å²) in [4.78, 5) is 10.8. The van der Waals surface area contributed by atoms with Gasteiger partial charge >= 0.3 is 0 Å². The molecular weight excluding hydrogens is 206 g/mol. The van der Waals surface area contributed by atoms with Crippen molar-refractivity contribution in [3.8, 4) is 5.75 Å². The van der Waals surface area contributed by atoms with E-state index in [1.807, 2.05) is 19.1 Å². The van der Waals surface area contributed by atoms with Gasteiger partial charge in [-0.25, -0.2) is 0 Å². The highest BCUT2D eigenvalue weighted by atomic mass is 16.5. The first-order valence-corrected chi connectivity index (χ1v) is 5.30. The number of carbonyl (C=O) groups is 1. The van der Waals surface area contributed by atoms with Gasteiger partial charge in [-0.15, -0.1) is 0 Å². The summed E-state index contributed by atoms with van der Waals surface area (Å²) in [5.74, 6) is 0.693. The van der Waals surface area contributed by atoms with Gasteiger partial charge in [0.05, 0.1) is 6.61 Å². The van der Waals surface area contributed by atoms with Crippen LogP contribution in [0.2, 0.25) is 0 Å². The van der Waals surface area contributed by atoms with Crippen LogP contribution in [-0.4, -0.2) is 25.7 Å². The second kappa shape index (κ2) is 6.85. The Bertz CT molecular complexity index is 322. The molecule has 0 aliphatic carbocycles. The van der Waals surface area contributed by atoms with E-state index in [1.54, 1.807) is 12.1 Å². The molecular formula is C12H17NO3. The number of ether oxygens (including phenoxy) is 2. The number of nitrogens with one attached hydrogen (secondary N) is 1. The number of hydrogen-bond donors (Lipinski definition) is 1. The fourth-order valence-corrected chi connectivity index (χ4v) is 1.20. The summed E-state index contributed by atoms with van der Waals surface area (Å²) in [5.41, 5.74) is 0.768. The van der Waals surface area contributed by atoms with E-state index in [2.05, 4.69) is 5.32 Å². The molecule has 1 amide bonds. The summed E-state index contributed by atoms with van der Waals surface area (Å²) in [6.07, 6.45) is 0. The zero-order valence-electron chi connectivity index (χ0n) is 9.66. The molecule has 1 aromatic carbocycles. The van der Waals surface area contributed by atoms with Crippen molar-refractivity contribution in [2.45, 2.75) is 13.8 Å². The number of amides is 1. The molecule has 0 spiro atoms. The average Bonchev–Trinajstić information content (AvgIpc) is 2.26. The highest BCUT2D eigenvalue weighted by molar-refractivity contribution is 5.88. The molecule has 4 nitrogen and oxygen atoms in total. The van der Waals surface area contributed by atoms with Crippen molar-refractivity contribution in [2.24, 2.45) is 0 Å². The molecule has 0 saturated heterocycles. The summed E-state index contributed by atoms with van der Waals surface area (Å²) in [6, 6.07) is 7.24. The summed E-state index contributed by atoms with van der Waals surface area (Å²) >= 11 is 0. The second-order valence-electron chi connectivity index (χ2n) is 3.25. The largest absolute Gasteiger partial charge is 0.491 e. The van der Waals surface area contributed by atoms with Crippen LogP contribution in [0, 0.1) is 0 Å². The fraction of sp³-hybridized carbons (Fsp3) is 0.417. The van der Waals surface area contributed by atoms with Crippen LogP contribution >= 0.6 is 0 Å². The fourth-order valence-electron chi connectivity index (χ4n) is 1.20. The van der Waals surface area contributed by atoms with Gasteiger partial charge in [0.1, 0.15) is 12.4 Å². The molecule has 0 unspecified atom stereocenters. The quantitative estimate of drug-likeness (QED) is 0.751. The Labute approximate surface area is 95.6 Å². The Balaban J connectivity index is 2.36. The molecule has 0 aliphatic rings. The molecule has 0 saturated carbocycles. The summed E-state index contributed by atoms with van der Waals surface area (Å²) in [6.45, 7) is 5.25. The van der Waals surface area contributed by atoms with Crippen molar-refractivity contribution in [3.05, 3.63) is 24.3 Å². The van der Waals surface area contributed by atoms with Gasteiger partial charge in [0.2, 0.25) is 5.91 Å². The molecule has 0 aromatic heterocycles. The van der Waals surface area contributed by atoms with Gasteiger partial charge in [0, 0.05) is 19.2 Å². The number of benzene rings is 1. The van der Waals surface area contributed by atoms with Crippen molar-refractivity contribution in [2.75, 3.05) is 25.1 Å². The minimum absolute atomic E-state index is 0.0787. The van der Waals surface area contributed by atoms with Gasteiger partial charge in [0.15, 0.2) is 0 Å². The minimum Gasteiger partial charge on any atom is -0.491 e. The summed E-state index contributed by atoms with van der Waals surface area (Å²) < 4.78 is 10.6. The zero-order chi connectivity index (χ0) is 11.8. The Morgan fingerprint density at radius 2 is 1.94 bits per heavy atom. The van der Waals surface area contributed by atoms with Gasteiger partial charge in [-0.2, -0.15) is 0 Å². The van der Waals surface area contributed by atoms with E-state index in [9.17, 15) is 4.79 Å². The lowest BCUT2D eigenvalue weighted by molar-refractivity contribution is -0.114. The van der Waals surface area contributed by atoms with Crippen LogP contribution in [0.4, 0.5) is 5.69 Å². The van der Waals surface area contributed by atoms with E-state index in [-0.39, 0.29) is 5.91 Å². The predicted octanol–water partition coefficient (Wildman–Crippen LogP) is 2.06. The Kier molecular flexibility index (Phi) is 5.36. The smallest absolute Gasteiger partial charge is 0.221 e. The highest BCUT2D eigenvalue weighted by Crippen LogP contribution is 2.15. The summed E-state index contributed by atoms with van der Waals surface area (Å²) in [7, 11) is 0. The summed E-state index contributed by atoms with van der Waals surface area (Å²) in [5, 5.41) is 2.69.